The number of ether oxygens (including phenoxy) is 1. The average molecular weight is 252 g/mol. The van der Waals surface area contributed by atoms with Gasteiger partial charge in [-0.25, -0.2) is 4.79 Å². The third-order valence-corrected chi connectivity index (χ3v) is 2.93. The molecular weight excluding hydrogens is 230 g/mol. The molecule has 0 saturated carbocycles. The lowest BCUT2D eigenvalue weighted by atomic mass is 10.1. The highest BCUT2D eigenvalue weighted by Crippen LogP contribution is 2.02. The maximum absolute atomic E-state index is 11.4. The molecule has 1 rings (SSSR count). The van der Waals surface area contributed by atoms with Crippen molar-refractivity contribution in [1.82, 2.24) is 0 Å². The summed E-state index contributed by atoms with van der Waals surface area (Å²) in [6.07, 6.45) is 4.54. The zero-order chi connectivity index (χ0) is 13.6. The second-order valence-electron chi connectivity index (χ2n) is 5.30. The summed E-state index contributed by atoms with van der Waals surface area (Å²) in [5.41, 5.74) is 0.163. The summed E-state index contributed by atoms with van der Waals surface area (Å²) in [7, 11) is 2.09. The lowest BCUT2D eigenvalue weighted by Crippen LogP contribution is -3.16. The van der Waals surface area contributed by atoms with Gasteiger partial charge in [-0.05, 0) is 39.0 Å². The Kier molecular flexibility index (Phi) is 5.16. The smallest absolute Gasteiger partial charge is 0.331 e. The number of carbonyl (C=O) groups excluding carboxylic acids is 1. The Hall–Kier alpha value is -1.55. The Balaban J connectivity index is 2.26. The summed E-state index contributed by atoms with van der Waals surface area (Å²) < 4.78 is 10.2. The van der Waals surface area contributed by atoms with Gasteiger partial charge < -0.3 is 14.1 Å². The van der Waals surface area contributed by atoms with Crippen molar-refractivity contribution in [2.24, 2.45) is 0 Å². The van der Waals surface area contributed by atoms with Gasteiger partial charge in [0.15, 0.2) is 0 Å². The number of hydrogen-bond donors (Lipinski definition) is 1. The Labute approximate surface area is 108 Å². The van der Waals surface area contributed by atoms with E-state index in [0.717, 1.165) is 6.54 Å². The van der Waals surface area contributed by atoms with Gasteiger partial charge in [0.2, 0.25) is 0 Å². The van der Waals surface area contributed by atoms with Crippen LogP contribution in [0.4, 0.5) is 0 Å². The van der Waals surface area contributed by atoms with Gasteiger partial charge in [0.25, 0.3) is 0 Å². The van der Waals surface area contributed by atoms with Gasteiger partial charge in [-0.1, -0.05) is 0 Å². The molecule has 18 heavy (non-hydrogen) atoms. The van der Waals surface area contributed by atoms with E-state index in [1.54, 1.807) is 24.5 Å². The van der Waals surface area contributed by atoms with Crippen molar-refractivity contribution >= 4 is 12.0 Å². The van der Waals surface area contributed by atoms with E-state index in [1.165, 1.54) is 11.0 Å². The third kappa shape index (κ3) is 5.19. The zero-order valence-electron chi connectivity index (χ0n) is 11.5. The molecule has 0 spiro atoms. The molecular formula is C14H22NO3+. The van der Waals surface area contributed by atoms with Crippen molar-refractivity contribution in [3.63, 3.8) is 0 Å². The summed E-state index contributed by atoms with van der Waals surface area (Å²) in [6, 6.07) is 3.55. The molecule has 100 valence electrons. The monoisotopic (exact) mass is 252 g/mol. The number of likely N-dealkylation sites (N-methyl/N-ethyl adjacent to an activating group) is 1. The molecule has 0 fully saturated rings. The molecule has 0 aliphatic heterocycles. The van der Waals surface area contributed by atoms with Crippen LogP contribution in [0, 0.1) is 0 Å². The number of furan rings is 1. The van der Waals surface area contributed by atoms with E-state index in [9.17, 15) is 4.79 Å². The quantitative estimate of drug-likeness (QED) is 0.631. The summed E-state index contributed by atoms with van der Waals surface area (Å²) in [5.74, 6) is 0.303. The fourth-order valence-electron chi connectivity index (χ4n) is 1.26. The van der Waals surface area contributed by atoms with Crippen molar-refractivity contribution in [1.29, 1.82) is 0 Å². The van der Waals surface area contributed by atoms with Crippen LogP contribution in [-0.2, 0) is 9.53 Å². The first-order valence-corrected chi connectivity index (χ1v) is 6.11. The minimum absolute atomic E-state index is 0.163. The van der Waals surface area contributed by atoms with Gasteiger partial charge in [0, 0.05) is 6.08 Å². The van der Waals surface area contributed by atoms with Crippen LogP contribution >= 0.6 is 0 Å². The van der Waals surface area contributed by atoms with E-state index < -0.39 is 0 Å². The van der Waals surface area contributed by atoms with E-state index in [2.05, 4.69) is 27.8 Å². The summed E-state index contributed by atoms with van der Waals surface area (Å²) in [4.78, 5) is 12.7. The molecule has 0 amide bonds. The highest BCUT2D eigenvalue weighted by molar-refractivity contribution is 5.86. The average Bonchev–Trinajstić information content (AvgIpc) is 2.77. The first-order chi connectivity index (χ1) is 8.39. The molecule has 0 radical (unpaired) electrons. The normalized spacial score (nSPS) is 13.8. The molecule has 0 aliphatic carbocycles. The molecule has 4 nitrogen and oxygen atoms in total. The van der Waals surface area contributed by atoms with E-state index in [0.29, 0.717) is 12.4 Å². The largest absolute Gasteiger partial charge is 0.465 e. The lowest BCUT2D eigenvalue weighted by molar-refractivity contribution is -0.927. The van der Waals surface area contributed by atoms with E-state index >= 15 is 0 Å². The molecule has 1 atom stereocenters. The molecule has 1 N–H and O–H groups in total. The predicted molar refractivity (Wildman–Crippen MR) is 70.2 cm³/mol. The van der Waals surface area contributed by atoms with Gasteiger partial charge in [-0.3, -0.25) is 0 Å². The SMILES string of the molecule is C[NH+](CCOC(=O)/C=C/c1ccco1)C(C)(C)C. The van der Waals surface area contributed by atoms with Gasteiger partial charge >= 0.3 is 5.97 Å². The van der Waals surface area contributed by atoms with Crippen LogP contribution in [0.25, 0.3) is 6.08 Å². The van der Waals surface area contributed by atoms with Crippen molar-refractivity contribution in [2.75, 3.05) is 20.2 Å². The van der Waals surface area contributed by atoms with Gasteiger partial charge in [-0.2, -0.15) is 0 Å². The Morgan fingerprint density at radius 1 is 1.50 bits per heavy atom. The summed E-state index contributed by atoms with van der Waals surface area (Å²) in [6.45, 7) is 7.68. The second-order valence-corrected chi connectivity index (χ2v) is 5.30. The first-order valence-electron chi connectivity index (χ1n) is 6.11. The van der Waals surface area contributed by atoms with Crippen molar-refractivity contribution in [2.45, 2.75) is 26.3 Å². The van der Waals surface area contributed by atoms with Crippen molar-refractivity contribution in [3.8, 4) is 0 Å². The standard InChI is InChI=1S/C14H21NO3/c1-14(2,3)15(4)9-11-18-13(16)8-7-12-6-5-10-17-12/h5-8,10H,9,11H2,1-4H3/p+1/b8-7+. The topological polar surface area (TPSA) is 43.9 Å². The van der Waals surface area contributed by atoms with Crippen molar-refractivity contribution < 1.29 is 18.8 Å². The molecule has 0 saturated heterocycles. The van der Waals surface area contributed by atoms with Crippen LogP contribution in [0.3, 0.4) is 0 Å². The highest BCUT2D eigenvalue weighted by Gasteiger charge is 2.20. The van der Waals surface area contributed by atoms with E-state index in [1.807, 2.05) is 0 Å². The fourth-order valence-corrected chi connectivity index (χ4v) is 1.26. The lowest BCUT2D eigenvalue weighted by Gasteiger charge is -2.28. The van der Waals surface area contributed by atoms with Gasteiger partial charge in [-0.15, -0.1) is 0 Å². The minimum Gasteiger partial charge on any atom is -0.465 e. The van der Waals surface area contributed by atoms with Gasteiger partial charge in [0.1, 0.15) is 18.9 Å². The third-order valence-electron chi connectivity index (χ3n) is 2.93. The maximum atomic E-state index is 11.4. The summed E-state index contributed by atoms with van der Waals surface area (Å²) in [5, 5.41) is 0. The minimum atomic E-state index is -0.340. The number of rotatable bonds is 5. The molecule has 1 unspecified atom stereocenters. The molecule has 1 heterocycles. The Bertz CT molecular complexity index is 388. The number of carbonyl (C=O) groups is 1. The number of esters is 1. The molecule has 0 aliphatic rings. The number of quaternary nitrogens is 1. The van der Waals surface area contributed by atoms with Crippen LogP contribution in [0.15, 0.2) is 28.9 Å². The maximum Gasteiger partial charge on any atom is 0.331 e. The molecule has 0 bridgehead atoms. The van der Waals surface area contributed by atoms with Crippen LogP contribution in [0.1, 0.15) is 26.5 Å². The van der Waals surface area contributed by atoms with Crippen LogP contribution < -0.4 is 4.90 Å². The Morgan fingerprint density at radius 2 is 2.22 bits per heavy atom. The van der Waals surface area contributed by atoms with Crippen LogP contribution in [0.5, 0.6) is 0 Å². The fraction of sp³-hybridized carbons (Fsp3) is 0.500. The van der Waals surface area contributed by atoms with Crippen molar-refractivity contribution in [3.05, 3.63) is 30.2 Å². The predicted octanol–water partition coefficient (Wildman–Crippen LogP) is 1.15. The summed E-state index contributed by atoms with van der Waals surface area (Å²) >= 11 is 0. The van der Waals surface area contributed by atoms with Crippen LogP contribution in [-0.4, -0.2) is 31.7 Å². The molecule has 4 heteroatoms. The first kappa shape index (κ1) is 14.5. The second kappa shape index (κ2) is 6.40. The van der Waals surface area contributed by atoms with Crippen LogP contribution in [0.2, 0.25) is 0 Å². The highest BCUT2D eigenvalue weighted by atomic mass is 16.5. The van der Waals surface area contributed by atoms with E-state index in [-0.39, 0.29) is 11.5 Å². The molecule has 1 aromatic rings. The molecule has 1 aromatic heterocycles. The number of hydrogen-bond acceptors (Lipinski definition) is 3. The number of nitrogens with one attached hydrogen (secondary N) is 1. The zero-order valence-corrected chi connectivity index (χ0v) is 11.5. The Morgan fingerprint density at radius 3 is 2.78 bits per heavy atom. The van der Waals surface area contributed by atoms with E-state index in [4.69, 9.17) is 9.15 Å². The van der Waals surface area contributed by atoms with Gasteiger partial charge in [0.05, 0.1) is 18.8 Å². The molecule has 0 aromatic carbocycles.